The smallest absolute Gasteiger partial charge is 0.184 e. The summed E-state index contributed by atoms with van der Waals surface area (Å²) in [7, 11) is 0. The average Bonchev–Trinajstić information content (AvgIpc) is 2.43. The number of benzene rings is 2. The molecule has 0 aliphatic carbocycles. The molecule has 0 spiro atoms. The van der Waals surface area contributed by atoms with E-state index in [2.05, 4.69) is 19.2 Å². The van der Waals surface area contributed by atoms with E-state index in [0.29, 0.717) is 18.3 Å². The van der Waals surface area contributed by atoms with Gasteiger partial charge in [-0.2, -0.15) is 0 Å². The molecule has 4 heteroatoms. The predicted molar refractivity (Wildman–Crippen MR) is 84.6 cm³/mol. The van der Waals surface area contributed by atoms with Gasteiger partial charge in [-0.3, -0.25) is 0 Å². The number of ether oxygens (including phenoxy) is 1. The lowest BCUT2D eigenvalue weighted by Crippen LogP contribution is -2.22. The number of nitrogens with one attached hydrogen (secondary N) is 1. The van der Waals surface area contributed by atoms with Crippen LogP contribution in [-0.4, -0.2) is 6.04 Å². The van der Waals surface area contributed by atoms with Crippen LogP contribution in [0.5, 0.6) is 11.5 Å². The van der Waals surface area contributed by atoms with Crippen LogP contribution in [0.15, 0.2) is 36.4 Å². The highest BCUT2D eigenvalue weighted by atomic mass is 35.5. The molecule has 0 aromatic heterocycles. The summed E-state index contributed by atoms with van der Waals surface area (Å²) >= 11 is 5.78. The van der Waals surface area contributed by atoms with Crippen LogP contribution in [0.2, 0.25) is 5.02 Å². The molecule has 0 atom stereocenters. The first kappa shape index (κ1) is 15.8. The van der Waals surface area contributed by atoms with Crippen LogP contribution >= 0.6 is 11.6 Å². The second-order valence-electron chi connectivity index (χ2n) is 5.30. The quantitative estimate of drug-likeness (QED) is 0.832. The Morgan fingerprint density at radius 3 is 2.67 bits per heavy atom. The zero-order chi connectivity index (χ0) is 15.4. The fourth-order valence-corrected chi connectivity index (χ4v) is 2.11. The van der Waals surface area contributed by atoms with Gasteiger partial charge < -0.3 is 10.1 Å². The van der Waals surface area contributed by atoms with E-state index in [-0.39, 0.29) is 10.8 Å². The molecule has 0 unspecified atom stereocenters. The second-order valence-corrected chi connectivity index (χ2v) is 5.71. The minimum absolute atomic E-state index is 0.0569. The Morgan fingerprint density at radius 1 is 1.19 bits per heavy atom. The standard InChI is InChI=1S/C17H19ClFNO/c1-11(2)20-10-13-9-12(3)7-8-15(13)21-16-6-4-5-14(18)17(16)19/h4-9,11,20H,10H2,1-3H3. The van der Waals surface area contributed by atoms with Crippen molar-refractivity contribution in [3.05, 3.63) is 58.4 Å². The maximum absolute atomic E-state index is 13.9. The average molecular weight is 308 g/mol. The summed E-state index contributed by atoms with van der Waals surface area (Å²) in [5.41, 5.74) is 2.12. The lowest BCUT2D eigenvalue weighted by molar-refractivity contribution is 0.434. The molecule has 2 rings (SSSR count). The summed E-state index contributed by atoms with van der Waals surface area (Å²) in [5.74, 6) is 0.231. The first-order valence-corrected chi connectivity index (χ1v) is 7.30. The molecule has 21 heavy (non-hydrogen) atoms. The Bertz CT molecular complexity index is 628. The molecule has 2 aromatic carbocycles. The zero-order valence-electron chi connectivity index (χ0n) is 12.4. The van der Waals surface area contributed by atoms with Gasteiger partial charge >= 0.3 is 0 Å². The van der Waals surface area contributed by atoms with Crippen LogP contribution in [0.3, 0.4) is 0 Å². The minimum Gasteiger partial charge on any atom is -0.454 e. The number of rotatable bonds is 5. The SMILES string of the molecule is Cc1ccc(Oc2cccc(Cl)c2F)c(CNC(C)C)c1. The summed E-state index contributed by atoms with van der Waals surface area (Å²) in [4.78, 5) is 0. The van der Waals surface area contributed by atoms with Gasteiger partial charge in [0.2, 0.25) is 0 Å². The molecule has 112 valence electrons. The van der Waals surface area contributed by atoms with Crippen LogP contribution in [-0.2, 0) is 6.54 Å². The van der Waals surface area contributed by atoms with Crippen LogP contribution in [0.4, 0.5) is 4.39 Å². The highest BCUT2D eigenvalue weighted by Crippen LogP contribution is 2.31. The van der Waals surface area contributed by atoms with E-state index in [1.807, 2.05) is 25.1 Å². The van der Waals surface area contributed by atoms with Crippen LogP contribution in [0.25, 0.3) is 0 Å². The number of aryl methyl sites for hydroxylation is 1. The van der Waals surface area contributed by atoms with Gasteiger partial charge in [0, 0.05) is 18.2 Å². The first-order chi connectivity index (χ1) is 9.97. The van der Waals surface area contributed by atoms with Gasteiger partial charge in [-0.05, 0) is 25.1 Å². The van der Waals surface area contributed by atoms with Gasteiger partial charge in [0.15, 0.2) is 11.6 Å². The molecule has 0 heterocycles. The van der Waals surface area contributed by atoms with E-state index in [1.54, 1.807) is 12.1 Å². The van der Waals surface area contributed by atoms with Gasteiger partial charge in [0.25, 0.3) is 0 Å². The fraction of sp³-hybridized carbons (Fsp3) is 0.294. The lowest BCUT2D eigenvalue weighted by Gasteiger charge is -2.15. The third kappa shape index (κ3) is 4.19. The van der Waals surface area contributed by atoms with E-state index >= 15 is 0 Å². The van der Waals surface area contributed by atoms with Crippen molar-refractivity contribution in [3.8, 4) is 11.5 Å². The van der Waals surface area contributed by atoms with Crippen molar-refractivity contribution in [2.75, 3.05) is 0 Å². The van der Waals surface area contributed by atoms with Gasteiger partial charge in [0.05, 0.1) is 5.02 Å². The maximum atomic E-state index is 13.9. The summed E-state index contributed by atoms with van der Waals surface area (Å²) in [6.07, 6.45) is 0. The third-order valence-corrected chi connectivity index (χ3v) is 3.34. The largest absolute Gasteiger partial charge is 0.454 e. The third-order valence-electron chi connectivity index (χ3n) is 3.05. The molecule has 1 N–H and O–H groups in total. The lowest BCUT2D eigenvalue weighted by atomic mass is 10.1. The molecule has 0 aliphatic heterocycles. The Kier molecular flexibility index (Phi) is 5.21. The predicted octanol–water partition coefficient (Wildman–Crippen LogP) is 5.08. The molecular formula is C17H19ClFNO. The van der Waals surface area contributed by atoms with Crippen molar-refractivity contribution >= 4 is 11.6 Å². The highest BCUT2D eigenvalue weighted by molar-refractivity contribution is 6.30. The van der Waals surface area contributed by atoms with Crippen LogP contribution in [0, 0.1) is 12.7 Å². The molecule has 0 aliphatic rings. The van der Waals surface area contributed by atoms with Crippen molar-refractivity contribution in [2.24, 2.45) is 0 Å². The van der Waals surface area contributed by atoms with Crippen molar-refractivity contribution in [1.82, 2.24) is 5.32 Å². The Morgan fingerprint density at radius 2 is 1.95 bits per heavy atom. The second kappa shape index (κ2) is 6.92. The van der Waals surface area contributed by atoms with E-state index in [0.717, 1.165) is 11.1 Å². The number of halogens is 2. The monoisotopic (exact) mass is 307 g/mol. The molecule has 0 radical (unpaired) electrons. The fourth-order valence-electron chi connectivity index (χ4n) is 1.94. The molecular weight excluding hydrogens is 289 g/mol. The Balaban J connectivity index is 2.28. The van der Waals surface area contributed by atoms with Gasteiger partial charge in [-0.25, -0.2) is 4.39 Å². The van der Waals surface area contributed by atoms with Crippen molar-refractivity contribution < 1.29 is 9.13 Å². The summed E-state index contributed by atoms with van der Waals surface area (Å²) in [5, 5.41) is 3.40. The highest BCUT2D eigenvalue weighted by Gasteiger charge is 2.11. The molecule has 0 saturated heterocycles. The van der Waals surface area contributed by atoms with Crippen molar-refractivity contribution in [3.63, 3.8) is 0 Å². The normalized spacial score (nSPS) is 11.0. The summed E-state index contributed by atoms with van der Waals surface area (Å²) in [6.45, 7) is 6.83. The topological polar surface area (TPSA) is 21.3 Å². The molecule has 0 fully saturated rings. The van der Waals surface area contributed by atoms with Gasteiger partial charge in [0.1, 0.15) is 5.75 Å². The Labute approximate surface area is 129 Å². The zero-order valence-corrected chi connectivity index (χ0v) is 13.2. The van der Waals surface area contributed by atoms with Crippen molar-refractivity contribution in [1.29, 1.82) is 0 Å². The van der Waals surface area contributed by atoms with Crippen LogP contribution in [0.1, 0.15) is 25.0 Å². The molecule has 0 bridgehead atoms. The van der Waals surface area contributed by atoms with Crippen molar-refractivity contribution in [2.45, 2.75) is 33.4 Å². The molecule has 2 nitrogen and oxygen atoms in total. The minimum atomic E-state index is -0.539. The summed E-state index contributed by atoms with van der Waals surface area (Å²) < 4.78 is 19.6. The van der Waals surface area contributed by atoms with Gasteiger partial charge in [-0.15, -0.1) is 0 Å². The Hall–Kier alpha value is -1.58. The summed E-state index contributed by atoms with van der Waals surface area (Å²) in [6, 6.07) is 10.9. The van der Waals surface area contributed by atoms with E-state index in [1.165, 1.54) is 6.07 Å². The number of hydrogen-bond donors (Lipinski definition) is 1. The maximum Gasteiger partial charge on any atom is 0.184 e. The van der Waals surface area contributed by atoms with Gasteiger partial charge in [-0.1, -0.05) is 49.2 Å². The molecule has 0 saturated carbocycles. The van der Waals surface area contributed by atoms with E-state index in [4.69, 9.17) is 16.3 Å². The first-order valence-electron chi connectivity index (χ1n) is 6.92. The molecule has 0 amide bonds. The number of hydrogen-bond acceptors (Lipinski definition) is 2. The van der Waals surface area contributed by atoms with E-state index < -0.39 is 5.82 Å². The molecule has 2 aromatic rings. The van der Waals surface area contributed by atoms with Crippen LogP contribution < -0.4 is 10.1 Å². The van der Waals surface area contributed by atoms with E-state index in [9.17, 15) is 4.39 Å².